The SMILES string of the molecule is CN1C/C=C/CC(C)(C)CC(=O)NC2(C)CCN(C2)C(=O)c2cccc(c2)S1(=O)=O. The van der Waals surface area contributed by atoms with Gasteiger partial charge in [0.25, 0.3) is 5.91 Å². The van der Waals surface area contributed by atoms with Crippen LogP contribution < -0.4 is 5.32 Å². The third kappa shape index (κ3) is 4.92. The van der Waals surface area contributed by atoms with E-state index in [4.69, 9.17) is 0 Å². The maximum Gasteiger partial charge on any atom is 0.253 e. The molecule has 30 heavy (non-hydrogen) atoms. The molecule has 1 aromatic rings. The van der Waals surface area contributed by atoms with E-state index < -0.39 is 15.6 Å². The number of benzene rings is 1. The Morgan fingerprint density at radius 2 is 1.83 bits per heavy atom. The van der Waals surface area contributed by atoms with Gasteiger partial charge in [-0.25, -0.2) is 8.42 Å². The summed E-state index contributed by atoms with van der Waals surface area (Å²) in [5.74, 6) is -0.256. The summed E-state index contributed by atoms with van der Waals surface area (Å²) in [4.78, 5) is 27.5. The van der Waals surface area contributed by atoms with E-state index in [0.717, 1.165) is 0 Å². The molecular formula is C22H31N3O4S. The standard InChI is InChI=1S/C22H31N3O4S/c1-21(2)10-5-6-12-24(4)30(28,29)18-9-7-8-17(14-18)20(27)25-13-11-22(3,16-25)23-19(26)15-21/h5-9,14H,10-13,15-16H2,1-4H3,(H,23,26)/b6-5+. The first-order valence-electron chi connectivity index (χ1n) is 10.2. The zero-order valence-corrected chi connectivity index (χ0v) is 19.0. The Labute approximate surface area is 179 Å². The molecule has 7 nitrogen and oxygen atoms in total. The lowest BCUT2D eigenvalue weighted by Gasteiger charge is -2.29. The van der Waals surface area contributed by atoms with E-state index in [-0.39, 0.29) is 28.7 Å². The van der Waals surface area contributed by atoms with Crippen LogP contribution in [0.2, 0.25) is 0 Å². The number of allylic oxidation sites excluding steroid dienone is 1. The molecule has 2 heterocycles. The van der Waals surface area contributed by atoms with Gasteiger partial charge in [-0.3, -0.25) is 9.59 Å². The van der Waals surface area contributed by atoms with E-state index in [1.54, 1.807) is 23.1 Å². The average Bonchev–Trinajstić information content (AvgIpc) is 3.04. The van der Waals surface area contributed by atoms with Gasteiger partial charge in [0.15, 0.2) is 0 Å². The highest BCUT2D eigenvalue weighted by atomic mass is 32.2. The van der Waals surface area contributed by atoms with Crippen LogP contribution in [0.5, 0.6) is 0 Å². The second-order valence-corrected chi connectivity index (χ2v) is 11.5. The van der Waals surface area contributed by atoms with Crippen LogP contribution in [0.15, 0.2) is 41.3 Å². The highest BCUT2D eigenvalue weighted by Gasteiger charge is 2.38. The number of nitrogens with zero attached hydrogens (tertiary/aromatic N) is 2. The predicted octanol–water partition coefficient (Wildman–Crippen LogP) is 2.40. The lowest BCUT2D eigenvalue weighted by molar-refractivity contribution is -0.124. The van der Waals surface area contributed by atoms with Gasteiger partial charge in [-0.1, -0.05) is 32.1 Å². The normalized spacial score (nSPS) is 28.6. The summed E-state index contributed by atoms with van der Waals surface area (Å²) in [6.07, 6.45) is 5.40. The first-order valence-corrected chi connectivity index (χ1v) is 11.7. The maximum atomic E-state index is 13.0. The molecular weight excluding hydrogens is 402 g/mol. The monoisotopic (exact) mass is 433 g/mol. The second-order valence-electron chi connectivity index (χ2n) is 9.42. The molecule has 1 unspecified atom stereocenters. The fourth-order valence-electron chi connectivity index (χ4n) is 4.00. The first-order chi connectivity index (χ1) is 13.9. The lowest BCUT2D eigenvalue weighted by Crippen LogP contribution is -2.49. The molecule has 8 heteroatoms. The highest BCUT2D eigenvalue weighted by molar-refractivity contribution is 7.89. The van der Waals surface area contributed by atoms with Crippen molar-refractivity contribution in [1.29, 1.82) is 0 Å². The van der Waals surface area contributed by atoms with E-state index in [2.05, 4.69) is 5.32 Å². The Morgan fingerprint density at radius 1 is 1.10 bits per heavy atom. The molecule has 0 spiro atoms. The van der Waals surface area contributed by atoms with Gasteiger partial charge in [-0.15, -0.1) is 0 Å². The third-order valence-electron chi connectivity index (χ3n) is 5.83. The molecule has 2 aliphatic rings. The molecule has 4 bridgehead atoms. The summed E-state index contributed by atoms with van der Waals surface area (Å²) in [6.45, 7) is 7.11. The van der Waals surface area contributed by atoms with E-state index in [0.29, 0.717) is 37.9 Å². The van der Waals surface area contributed by atoms with Gasteiger partial charge < -0.3 is 10.2 Å². The molecule has 2 aliphatic heterocycles. The summed E-state index contributed by atoms with van der Waals surface area (Å²) < 4.78 is 27.1. The number of sulfonamides is 1. The van der Waals surface area contributed by atoms with Crippen molar-refractivity contribution in [3.63, 3.8) is 0 Å². The van der Waals surface area contributed by atoms with Crippen LogP contribution in [-0.2, 0) is 14.8 Å². The minimum atomic E-state index is -3.71. The molecule has 164 valence electrons. The zero-order valence-electron chi connectivity index (χ0n) is 18.1. The molecule has 3 rings (SSSR count). The largest absolute Gasteiger partial charge is 0.349 e. The van der Waals surface area contributed by atoms with Gasteiger partial charge >= 0.3 is 0 Å². The van der Waals surface area contributed by atoms with Crippen LogP contribution in [0.25, 0.3) is 0 Å². The summed E-state index contributed by atoms with van der Waals surface area (Å²) in [7, 11) is -2.19. The van der Waals surface area contributed by atoms with E-state index in [9.17, 15) is 18.0 Å². The fourth-order valence-corrected chi connectivity index (χ4v) is 5.17. The van der Waals surface area contributed by atoms with Crippen molar-refractivity contribution < 1.29 is 18.0 Å². The number of rotatable bonds is 0. The fraction of sp³-hybridized carbons (Fsp3) is 0.545. The molecule has 2 amide bonds. The quantitative estimate of drug-likeness (QED) is 0.637. The van der Waals surface area contributed by atoms with Crippen LogP contribution in [0.4, 0.5) is 0 Å². The Bertz CT molecular complexity index is 970. The minimum absolute atomic E-state index is 0.0313. The summed E-state index contributed by atoms with van der Waals surface area (Å²) >= 11 is 0. The van der Waals surface area contributed by atoms with Crippen molar-refractivity contribution in [1.82, 2.24) is 14.5 Å². The number of carbonyl (C=O) groups excluding carboxylic acids is 2. The van der Waals surface area contributed by atoms with Gasteiger partial charge in [0.05, 0.1) is 10.4 Å². The Balaban J connectivity index is 1.97. The van der Waals surface area contributed by atoms with Crippen molar-refractivity contribution >= 4 is 21.8 Å². The van der Waals surface area contributed by atoms with Gasteiger partial charge in [-0.05, 0) is 43.4 Å². The molecule has 1 atom stereocenters. The Morgan fingerprint density at radius 3 is 2.57 bits per heavy atom. The van der Waals surface area contributed by atoms with Crippen LogP contribution in [0.1, 0.15) is 50.4 Å². The minimum Gasteiger partial charge on any atom is -0.349 e. The number of fused-ring (bicyclic) bond motifs is 4. The van der Waals surface area contributed by atoms with Crippen LogP contribution in [0.3, 0.4) is 0 Å². The lowest BCUT2D eigenvalue weighted by atomic mass is 9.84. The Hall–Kier alpha value is -2.19. The van der Waals surface area contributed by atoms with Crippen LogP contribution in [0, 0.1) is 5.41 Å². The topological polar surface area (TPSA) is 86.8 Å². The predicted molar refractivity (Wildman–Crippen MR) is 115 cm³/mol. The molecule has 1 N–H and O–H groups in total. The number of nitrogens with one attached hydrogen (secondary N) is 1. The second kappa shape index (κ2) is 8.15. The number of amides is 2. The summed E-state index contributed by atoms with van der Waals surface area (Å²) in [5.41, 5.74) is -0.416. The molecule has 0 saturated carbocycles. The maximum absolute atomic E-state index is 13.0. The van der Waals surface area contributed by atoms with Crippen molar-refractivity contribution in [3.05, 3.63) is 42.0 Å². The molecule has 1 aromatic carbocycles. The number of hydrogen-bond acceptors (Lipinski definition) is 4. The van der Waals surface area contributed by atoms with Gasteiger partial charge in [0, 0.05) is 38.7 Å². The zero-order chi connectivity index (χ0) is 22.2. The van der Waals surface area contributed by atoms with Crippen molar-refractivity contribution in [2.45, 2.75) is 50.5 Å². The molecule has 1 saturated heterocycles. The summed E-state index contributed by atoms with van der Waals surface area (Å²) in [6, 6.07) is 6.18. The van der Waals surface area contributed by atoms with E-state index in [1.165, 1.54) is 23.5 Å². The van der Waals surface area contributed by atoms with Crippen molar-refractivity contribution in [3.8, 4) is 0 Å². The van der Waals surface area contributed by atoms with E-state index >= 15 is 0 Å². The van der Waals surface area contributed by atoms with Crippen molar-refractivity contribution in [2.75, 3.05) is 26.7 Å². The molecule has 0 aromatic heterocycles. The molecule has 0 radical (unpaired) electrons. The Kier molecular flexibility index (Phi) is 6.11. The van der Waals surface area contributed by atoms with Crippen molar-refractivity contribution in [2.24, 2.45) is 5.41 Å². The third-order valence-corrected chi connectivity index (χ3v) is 7.65. The first kappa shape index (κ1) is 22.5. The highest BCUT2D eigenvalue weighted by Crippen LogP contribution is 2.28. The van der Waals surface area contributed by atoms with Gasteiger partial charge in [-0.2, -0.15) is 4.31 Å². The van der Waals surface area contributed by atoms with Crippen LogP contribution in [-0.4, -0.2) is 61.7 Å². The van der Waals surface area contributed by atoms with Gasteiger partial charge in [0.1, 0.15) is 0 Å². The number of carbonyl (C=O) groups is 2. The molecule has 1 fully saturated rings. The smallest absolute Gasteiger partial charge is 0.253 e. The number of hydrogen-bond donors (Lipinski definition) is 1. The molecule has 0 aliphatic carbocycles. The van der Waals surface area contributed by atoms with E-state index in [1.807, 2.05) is 26.8 Å². The average molecular weight is 434 g/mol. The summed E-state index contributed by atoms with van der Waals surface area (Å²) in [5, 5.41) is 3.12. The van der Waals surface area contributed by atoms with Gasteiger partial charge in [0.2, 0.25) is 15.9 Å². The van der Waals surface area contributed by atoms with Crippen LogP contribution >= 0.6 is 0 Å². The number of likely N-dealkylation sites (N-methyl/N-ethyl adjacent to an activating group) is 1.